The number of halogens is 2. The number of esters is 1. The number of hydrogen-bond donors (Lipinski definition) is 0. The molecule has 0 radical (unpaired) electrons. The number of thiophene rings is 1. The Morgan fingerprint density at radius 2 is 1.96 bits per heavy atom. The molecule has 0 bridgehead atoms. The van der Waals surface area contributed by atoms with Crippen molar-refractivity contribution in [2.45, 2.75) is 19.4 Å². The number of rotatable bonds is 4. The average Bonchev–Trinajstić information content (AvgIpc) is 3.19. The predicted octanol–water partition coefficient (Wildman–Crippen LogP) is 4.54. The highest BCUT2D eigenvalue weighted by molar-refractivity contribution is 7.14. The second-order valence-electron chi connectivity index (χ2n) is 5.49. The van der Waals surface area contributed by atoms with Gasteiger partial charge in [-0.1, -0.05) is 23.2 Å². The molecule has 0 spiro atoms. The summed E-state index contributed by atoms with van der Waals surface area (Å²) in [6.45, 7) is 1.86. The van der Waals surface area contributed by atoms with Crippen molar-refractivity contribution in [2.24, 2.45) is 5.10 Å². The summed E-state index contributed by atoms with van der Waals surface area (Å²) in [6.07, 6.45) is 0.177. The first kappa shape index (κ1) is 17.9. The van der Waals surface area contributed by atoms with Crippen molar-refractivity contribution >= 4 is 52.1 Å². The van der Waals surface area contributed by atoms with Crippen molar-refractivity contribution in [2.75, 3.05) is 7.11 Å². The molecule has 0 aliphatic carbocycles. The van der Waals surface area contributed by atoms with Crippen LogP contribution in [0.1, 0.15) is 39.5 Å². The predicted molar refractivity (Wildman–Crippen MR) is 98.5 cm³/mol. The third-order valence-electron chi connectivity index (χ3n) is 3.79. The second kappa shape index (κ2) is 7.15. The van der Waals surface area contributed by atoms with Crippen LogP contribution in [0.3, 0.4) is 0 Å². The molecule has 25 heavy (non-hydrogen) atoms. The van der Waals surface area contributed by atoms with E-state index in [2.05, 4.69) is 5.10 Å². The molecule has 1 amide bonds. The number of carbonyl (C=O) groups is 2. The summed E-state index contributed by atoms with van der Waals surface area (Å²) in [5.74, 6) is -0.513. The molecular weight excluding hydrogens is 383 g/mol. The first-order valence-corrected chi connectivity index (χ1v) is 9.00. The van der Waals surface area contributed by atoms with Gasteiger partial charge in [0, 0.05) is 20.5 Å². The van der Waals surface area contributed by atoms with Crippen LogP contribution >= 0.6 is 34.5 Å². The van der Waals surface area contributed by atoms with Crippen molar-refractivity contribution in [1.82, 2.24) is 5.01 Å². The Kier molecular flexibility index (Phi) is 5.13. The Balaban J connectivity index is 1.86. The van der Waals surface area contributed by atoms with Gasteiger partial charge in [-0.05, 0) is 37.3 Å². The molecule has 5 nitrogen and oxygen atoms in total. The van der Waals surface area contributed by atoms with Crippen LogP contribution < -0.4 is 0 Å². The van der Waals surface area contributed by atoms with E-state index in [1.165, 1.54) is 23.5 Å². The second-order valence-corrected chi connectivity index (χ2v) is 7.48. The van der Waals surface area contributed by atoms with Crippen molar-refractivity contribution in [3.63, 3.8) is 0 Å². The molecule has 2 heterocycles. The molecule has 8 heteroatoms. The maximum absolute atomic E-state index is 12.4. The number of carbonyl (C=O) groups excluding carboxylic acids is 2. The lowest BCUT2D eigenvalue weighted by Crippen LogP contribution is -2.23. The molecule has 1 aromatic heterocycles. The minimum absolute atomic E-state index is 0.119. The highest BCUT2D eigenvalue weighted by Crippen LogP contribution is 2.32. The van der Waals surface area contributed by atoms with Gasteiger partial charge in [-0.15, -0.1) is 11.3 Å². The summed E-state index contributed by atoms with van der Waals surface area (Å²) >= 11 is 13.3. The molecule has 0 N–H and O–H groups in total. The van der Waals surface area contributed by atoms with E-state index in [0.717, 1.165) is 10.4 Å². The number of hydrogen-bond acceptors (Lipinski definition) is 5. The Morgan fingerprint density at radius 3 is 2.60 bits per heavy atom. The van der Waals surface area contributed by atoms with Crippen molar-refractivity contribution < 1.29 is 14.3 Å². The van der Waals surface area contributed by atoms with Gasteiger partial charge in [0.2, 0.25) is 5.91 Å². The van der Waals surface area contributed by atoms with Crippen LogP contribution in [-0.4, -0.2) is 29.7 Å². The summed E-state index contributed by atoms with van der Waals surface area (Å²) in [4.78, 5) is 25.3. The molecular formula is C17H14Cl2N2O3S. The molecule has 3 rings (SSSR count). The van der Waals surface area contributed by atoms with Crippen molar-refractivity contribution in [3.05, 3.63) is 55.7 Å². The zero-order valence-corrected chi connectivity index (χ0v) is 15.8. The first-order valence-electron chi connectivity index (χ1n) is 7.43. The highest BCUT2D eigenvalue weighted by Gasteiger charge is 2.30. The molecule has 2 aromatic rings. The molecule has 1 atom stereocenters. The van der Waals surface area contributed by atoms with E-state index in [1.54, 1.807) is 30.3 Å². The van der Waals surface area contributed by atoms with E-state index in [9.17, 15) is 9.59 Å². The molecule has 0 saturated carbocycles. The fourth-order valence-corrected chi connectivity index (χ4v) is 4.03. The molecule has 1 aliphatic heterocycles. The van der Waals surface area contributed by atoms with Gasteiger partial charge in [-0.2, -0.15) is 5.10 Å². The molecule has 1 aliphatic rings. The Morgan fingerprint density at radius 1 is 1.28 bits per heavy atom. The fraction of sp³-hybridized carbons (Fsp3) is 0.235. The topological polar surface area (TPSA) is 59.0 Å². The minimum atomic E-state index is -0.394. The van der Waals surface area contributed by atoms with Crippen LogP contribution in [0.4, 0.5) is 0 Å². The minimum Gasteiger partial charge on any atom is -0.465 e. The highest BCUT2D eigenvalue weighted by atomic mass is 35.5. The van der Waals surface area contributed by atoms with Crippen LogP contribution in [0.5, 0.6) is 0 Å². The van der Waals surface area contributed by atoms with Gasteiger partial charge in [0.15, 0.2) is 0 Å². The van der Waals surface area contributed by atoms with E-state index in [1.807, 2.05) is 6.92 Å². The number of benzene rings is 1. The number of ether oxygens (including phenoxy) is 1. The van der Waals surface area contributed by atoms with Crippen LogP contribution in [0.2, 0.25) is 10.0 Å². The Labute approximate surface area is 158 Å². The lowest BCUT2D eigenvalue weighted by Gasteiger charge is -2.19. The molecule has 1 aromatic carbocycles. The van der Waals surface area contributed by atoms with Crippen LogP contribution in [-0.2, 0) is 9.53 Å². The number of nitrogens with zero attached hydrogens (tertiary/aromatic N) is 2. The number of amides is 1. The fourth-order valence-electron chi connectivity index (χ4n) is 2.54. The summed E-state index contributed by atoms with van der Waals surface area (Å²) in [7, 11) is 1.34. The first-order chi connectivity index (χ1) is 11.9. The van der Waals surface area contributed by atoms with Crippen LogP contribution in [0.25, 0.3) is 0 Å². The van der Waals surface area contributed by atoms with Gasteiger partial charge >= 0.3 is 5.97 Å². The maximum atomic E-state index is 12.4. The smallest absolute Gasteiger partial charge is 0.348 e. The Bertz CT molecular complexity index is 858. The summed E-state index contributed by atoms with van der Waals surface area (Å²) < 4.78 is 4.71. The van der Waals surface area contributed by atoms with Crippen molar-refractivity contribution in [1.29, 1.82) is 0 Å². The summed E-state index contributed by atoms with van der Waals surface area (Å²) in [5, 5.41) is 6.86. The van der Waals surface area contributed by atoms with E-state index < -0.39 is 5.97 Å². The standard InChI is InChI=1S/C17H14Cl2N2O3S/c1-9(14-3-4-15(25-14)17(23)24-2)21-16(22)8-13(20-21)10-5-11(18)7-12(19)6-10/h3-7,9H,8H2,1-2H3. The molecule has 1 unspecified atom stereocenters. The largest absolute Gasteiger partial charge is 0.465 e. The van der Waals surface area contributed by atoms with Crippen molar-refractivity contribution in [3.8, 4) is 0 Å². The van der Waals surface area contributed by atoms with Crippen LogP contribution in [0, 0.1) is 0 Å². The quantitative estimate of drug-likeness (QED) is 0.712. The third kappa shape index (κ3) is 3.71. The molecule has 0 fully saturated rings. The van der Waals surface area contributed by atoms with Gasteiger partial charge < -0.3 is 4.74 Å². The van der Waals surface area contributed by atoms with Gasteiger partial charge in [0.1, 0.15) is 4.88 Å². The Hall–Kier alpha value is -1.89. The SMILES string of the molecule is COC(=O)c1ccc(C(C)N2N=C(c3cc(Cl)cc(Cl)c3)CC2=O)s1. The van der Waals surface area contributed by atoms with Gasteiger partial charge in [0.25, 0.3) is 0 Å². The summed E-state index contributed by atoms with van der Waals surface area (Å²) in [5.41, 5.74) is 1.34. The van der Waals surface area contributed by atoms with E-state index in [0.29, 0.717) is 20.6 Å². The van der Waals surface area contributed by atoms with E-state index >= 15 is 0 Å². The molecule has 130 valence electrons. The lowest BCUT2D eigenvalue weighted by molar-refractivity contribution is -0.130. The summed E-state index contributed by atoms with van der Waals surface area (Å²) in [6, 6.07) is 8.29. The third-order valence-corrected chi connectivity index (χ3v) is 5.46. The normalized spacial score (nSPS) is 15.3. The lowest BCUT2D eigenvalue weighted by atomic mass is 10.1. The monoisotopic (exact) mass is 396 g/mol. The van der Waals surface area contributed by atoms with Crippen LogP contribution in [0.15, 0.2) is 35.4 Å². The van der Waals surface area contributed by atoms with Gasteiger partial charge in [0.05, 0.1) is 25.3 Å². The zero-order chi connectivity index (χ0) is 18.1. The number of hydrazone groups is 1. The van der Waals surface area contributed by atoms with Gasteiger partial charge in [-0.3, -0.25) is 4.79 Å². The van der Waals surface area contributed by atoms with Gasteiger partial charge in [-0.25, -0.2) is 9.80 Å². The maximum Gasteiger partial charge on any atom is 0.348 e. The van der Waals surface area contributed by atoms with E-state index in [4.69, 9.17) is 27.9 Å². The number of methoxy groups -OCH3 is 1. The van der Waals surface area contributed by atoms with E-state index in [-0.39, 0.29) is 18.4 Å². The molecule has 0 saturated heterocycles. The zero-order valence-electron chi connectivity index (χ0n) is 13.5. The average molecular weight is 397 g/mol.